The SMILES string of the molecule is CC(C)(C)CC(C)(C)c1ccc(Oc2nc(Oc3ccc(-n4nc5ccccc5n4)c(O)c3)nc(Oc3ccc(-n4nc5ccccc5n4)c(O)c3)n2)cc1. The molecule has 14 heteroatoms. The van der Waals surface area contributed by atoms with Crippen molar-refractivity contribution < 1.29 is 24.4 Å². The number of hydrogen-bond acceptors (Lipinski definition) is 12. The van der Waals surface area contributed by atoms with Crippen molar-refractivity contribution in [3.05, 3.63) is 115 Å². The van der Waals surface area contributed by atoms with Gasteiger partial charge < -0.3 is 24.4 Å². The molecule has 0 unspecified atom stereocenters. The Morgan fingerprint density at radius 2 is 0.855 bits per heavy atom. The Morgan fingerprint density at radius 1 is 0.491 bits per heavy atom. The number of phenols is 2. The second-order valence-electron chi connectivity index (χ2n) is 14.9. The van der Waals surface area contributed by atoms with E-state index in [-0.39, 0.29) is 51.9 Å². The molecule has 8 aromatic rings. The summed E-state index contributed by atoms with van der Waals surface area (Å²) in [5, 5.41) is 39.7. The minimum atomic E-state index is -0.175. The normalized spacial score (nSPS) is 11.9. The molecule has 0 atom stereocenters. The molecule has 0 saturated heterocycles. The zero-order chi connectivity index (χ0) is 38.3. The maximum absolute atomic E-state index is 10.9. The molecular formula is C41H37N9O5. The summed E-state index contributed by atoms with van der Waals surface area (Å²) >= 11 is 0. The smallest absolute Gasteiger partial charge is 0.331 e. The molecule has 0 aliphatic carbocycles. The van der Waals surface area contributed by atoms with Crippen LogP contribution >= 0.6 is 0 Å². The van der Waals surface area contributed by atoms with Crippen LogP contribution in [0.25, 0.3) is 33.4 Å². The number of aromatic nitrogens is 9. The summed E-state index contributed by atoms with van der Waals surface area (Å²) in [5.41, 5.74) is 4.70. The van der Waals surface area contributed by atoms with E-state index >= 15 is 0 Å². The van der Waals surface area contributed by atoms with E-state index in [4.69, 9.17) is 14.2 Å². The second-order valence-corrected chi connectivity index (χ2v) is 14.9. The molecule has 0 bridgehead atoms. The molecule has 0 amide bonds. The van der Waals surface area contributed by atoms with Gasteiger partial charge in [0.1, 0.15) is 62.2 Å². The lowest BCUT2D eigenvalue weighted by Gasteiger charge is -2.33. The monoisotopic (exact) mass is 735 g/mol. The van der Waals surface area contributed by atoms with Gasteiger partial charge in [0.15, 0.2) is 0 Å². The minimum Gasteiger partial charge on any atom is -0.505 e. The van der Waals surface area contributed by atoms with Gasteiger partial charge in [0.05, 0.1) is 0 Å². The van der Waals surface area contributed by atoms with Crippen LogP contribution in [0.1, 0.15) is 46.6 Å². The number of fused-ring (bicyclic) bond motifs is 2. The van der Waals surface area contributed by atoms with Crippen LogP contribution in [0.4, 0.5) is 0 Å². The number of benzene rings is 5. The Balaban J connectivity index is 1.08. The highest BCUT2D eigenvalue weighted by molar-refractivity contribution is 5.74. The van der Waals surface area contributed by atoms with E-state index in [0.717, 1.165) is 6.42 Å². The predicted molar refractivity (Wildman–Crippen MR) is 205 cm³/mol. The molecule has 0 aliphatic rings. The zero-order valence-corrected chi connectivity index (χ0v) is 30.7. The summed E-state index contributed by atoms with van der Waals surface area (Å²) in [6, 6.07) is 31.4. The van der Waals surface area contributed by atoms with E-state index in [1.165, 1.54) is 27.3 Å². The van der Waals surface area contributed by atoms with Gasteiger partial charge in [0.25, 0.3) is 0 Å². The number of ether oxygens (including phenoxy) is 3. The summed E-state index contributed by atoms with van der Waals surface area (Å²) in [7, 11) is 0. The highest BCUT2D eigenvalue weighted by Gasteiger charge is 2.27. The number of hydrogen-bond donors (Lipinski definition) is 2. The van der Waals surface area contributed by atoms with Crippen molar-refractivity contribution in [1.82, 2.24) is 44.9 Å². The van der Waals surface area contributed by atoms with Crippen LogP contribution in [0.5, 0.6) is 46.8 Å². The average Bonchev–Trinajstić information content (AvgIpc) is 3.76. The lowest BCUT2D eigenvalue weighted by molar-refractivity contribution is 0.284. The van der Waals surface area contributed by atoms with Crippen molar-refractivity contribution in [3.63, 3.8) is 0 Å². The van der Waals surface area contributed by atoms with Crippen LogP contribution in [-0.4, -0.2) is 55.2 Å². The first-order chi connectivity index (χ1) is 26.3. The van der Waals surface area contributed by atoms with Crippen molar-refractivity contribution in [2.24, 2.45) is 5.41 Å². The Bertz CT molecular complexity index is 2460. The topological polar surface area (TPSA) is 168 Å². The van der Waals surface area contributed by atoms with Crippen molar-refractivity contribution in [3.8, 4) is 58.2 Å². The summed E-state index contributed by atoms with van der Waals surface area (Å²) in [4.78, 5) is 15.8. The molecule has 14 nitrogen and oxygen atoms in total. The molecule has 5 aromatic carbocycles. The highest BCUT2D eigenvalue weighted by Crippen LogP contribution is 2.38. The quantitative estimate of drug-likeness (QED) is 0.137. The second kappa shape index (κ2) is 13.7. The first kappa shape index (κ1) is 35.0. The fraction of sp³-hybridized carbons (Fsp3) is 0.195. The fourth-order valence-electron chi connectivity index (χ4n) is 6.58. The van der Waals surface area contributed by atoms with E-state index in [1.807, 2.05) is 72.8 Å². The third-order valence-corrected chi connectivity index (χ3v) is 8.71. The highest BCUT2D eigenvalue weighted by atomic mass is 16.5. The minimum absolute atomic E-state index is 0.0594. The molecular weight excluding hydrogens is 699 g/mol. The standard InChI is InChI=1S/C41H37N9O5/c1-40(2,3)24-41(4,5)25-14-16-26(17-15-25)53-37-42-38(54-27-18-20-33(35(51)22-27)49-45-29-10-6-7-11-30(29)46-49)44-39(43-37)55-28-19-21-34(36(52)23-28)50-47-31-12-8-9-13-32(31)48-50/h6-23,51-52H,24H2,1-5H3. The maximum atomic E-state index is 10.9. The molecule has 0 spiro atoms. The van der Waals surface area contributed by atoms with Gasteiger partial charge in [-0.25, -0.2) is 0 Å². The van der Waals surface area contributed by atoms with Crippen LogP contribution in [-0.2, 0) is 5.41 Å². The Labute approximate surface area is 315 Å². The van der Waals surface area contributed by atoms with Gasteiger partial charge >= 0.3 is 18.0 Å². The molecule has 0 saturated carbocycles. The molecule has 0 fully saturated rings. The number of nitrogens with zero attached hydrogens (tertiary/aromatic N) is 9. The van der Waals surface area contributed by atoms with Crippen LogP contribution in [0.2, 0.25) is 0 Å². The van der Waals surface area contributed by atoms with E-state index < -0.39 is 0 Å². The molecule has 3 heterocycles. The molecule has 8 rings (SSSR count). The van der Waals surface area contributed by atoms with E-state index in [2.05, 4.69) is 70.0 Å². The number of rotatable bonds is 10. The largest absolute Gasteiger partial charge is 0.505 e. The Kier molecular flexibility index (Phi) is 8.72. The van der Waals surface area contributed by atoms with Crippen molar-refractivity contribution in [2.45, 2.75) is 46.5 Å². The van der Waals surface area contributed by atoms with Gasteiger partial charge in [0, 0.05) is 12.1 Å². The van der Waals surface area contributed by atoms with Crippen molar-refractivity contribution in [2.75, 3.05) is 0 Å². The predicted octanol–water partition coefficient (Wildman–Crippen LogP) is 8.84. The molecule has 2 N–H and O–H groups in total. The number of phenolic OH excluding ortho intramolecular Hbond substituents is 2. The molecule has 55 heavy (non-hydrogen) atoms. The average molecular weight is 736 g/mol. The maximum Gasteiger partial charge on any atom is 0.331 e. The lowest BCUT2D eigenvalue weighted by atomic mass is 9.72. The van der Waals surface area contributed by atoms with Crippen molar-refractivity contribution in [1.29, 1.82) is 0 Å². The van der Waals surface area contributed by atoms with Gasteiger partial charge in [-0.3, -0.25) is 0 Å². The summed E-state index contributed by atoms with van der Waals surface area (Å²) in [6.07, 6.45) is 0.993. The molecule has 0 radical (unpaired) electrons. The zero-order valence-electron chi connectivity index (χ0n) is 30.7. The van der Waals surface area contributed by atoms with E-state index in [0.29, 0.717) is 39.2 Å². The first-order valence-electron chi connectivity index (χ1n) is 17.6. The van der Waals surface area contributed by atoms with Gasteiger partial charge in [-0.05, 0) is 83.5 Å². The summed E-state index contributed by atoms with van der Waals surface area (Å²) in [5.74, 6) is 0.648. The number of aromatic hydroxyl groups is 2. The third-order valence-electron chi connectivity index (χ3n) is 8.71. The van der Waals surface area contributed by atoms with Crippen LogP contribution < -0.4 is 14.2 Å². The first-order valence-corrected chi connectivity index (χ1v) is 17.6. The molecule has 276 valence electrons. The van der Waals surface area contributed by atoms with Crippen LogP contribution in [0, 0.1) is 5.41 Å². The Morgan fingerprint density at radius 3 is 1.22 bits per heavy atom. The van der Waals surface area contributed by atoms with Crippen LogP contribution in [0.15, 0.2) is 109 Å². The van der Waals surface area contributed by atoms with Gasteiger partial charge in [0.2, 0.25) is 0 Å². The fourth-order valence-corrected chi connectivity index (χ4v) is 6.58. The molecule has 3 aromatic heterocycles. The van der Waals surface area contributed by atoms with Crippen molar-refractivity contribution >= 4 is 22.1 Å². The van der Waals surface area contributed by atoms with Gasteiger partial charge in [-0.1, -0.05) is 71.0 Å². The third kappa shape index (κ3) is 7.69. The molecule has 0 aliphatic heterocycles. The van der Waals surface area contributed by atoms with E-state index in [9.17, 15) is 10.2 Å². The summed E-state index contributed by atoms with van der Waals surface area (Å²) < 4.78 is 18.1. The van der Waals surface area contributed by atoms with Crippen LogP contribution in [0.3, 0.4) is 0 Å². The summed E-state index contributed by atoms with van der Waals surface area (Å²) in [6.45, 7) is 11.1. The van der Waals surface area contributed by atoms with Gasteiger partial charge in [-0.15, -0.1) is 44.9 Å². The van der Waals surface area contributed by atoms with Gasteiger partial charge in [-0.2, -0.15) is 0 Å². The Hall–Kier alpha value is -7.09. The van der Waals surface area contributed by atoms with E-state index in [1.54, 1.807) is 24.3 Å². The lowest BCUT2D eigenvalue weighted by Crippen LogP contribution is -2.24.